The second-order valence-corrected chi connectivity index (χ2v) is 6.54. The SMILES string of the molecule is O=[N+]([O-])c1ccc([C@H](NCc2ccc(F)cc2)P(=O)(O)O)cc1. The van der Waals surface area contributed by atoms with Crippen LogP contribution in [0.3, 0.4) is 0 Å². The Morgan fingerprint density at radius 2 is 1.70 bits per heavy atom. The highest BCUT2D eigenvalue weighted by Gasteiger charge is 2.30. The highest BCUT2D eigenvalue weighted by molar-refractivity contribution is 7.52. The van der Waals surface area contributed by atoms with Gasteiger partial charge in [0.1, 0.15) is 11.6 Å². The van der Waals surface area contributed by atoms with Crippen molar-refractivity contribution in [3.05, 3.63) is 75.6 Å². The van der Waals surface area contributed by atoms with Crippen LogP contribution in [0.25, 0.3) is 0 Å². The second kappa shape index (κ2) is 6.97. The summed E-state index contributed by atoms with van der Waals surface area (Å²) in [6.45, 7) is 0.104. The third-order valence-electron chi connectivity index (χ3n) is 3.17. The number of hydrogen-bond donors (Lipinski definition) is 3. The van der Waals surface area contributed by atoms with Crippen LogP contribution in [-0.4, -0.2) is 14.7 Å². The summed E-state index contributed by atoms with van der Waals surface area (Å²) in [6.07, 6.45) is 0. The van der Waals surface area contributed by atoms with Crippen molar-refractivity contribution >= 4 is 13.3 Å². The van der Waals surface area contributed by atoms with E-state index in [9.17, 15) is 28.9 Å². The van der Waals surface area contributed by atoms with Gasteiger partial charge in [-0.2, -0.15) is 0 Å². The molecule has 0 heterocycles. The highest BCUT2D eigenvalue weighted by atomic mass is 31.2. The molecule has 3 N–H and O–H groups in total. The molecule has 0 aliphatic rings. The van der Waals surface area contributed by atoms with Gasteiger partial charge in [0.25, 0.3) is 5.69 Å². The van der Waals surface area contributed by atoms with E-state index in [0.29, 0.717) is 5.56 Å². The first kappa shape index (κ1) is 17.2. The molecule has 0 aromatic heterocycles. The largest absolute Gasteiger partial charge is 0.346 e. The van der Waals surface area contributed by atoms with Crippen LogP contribution in [0.5, 0.6) is 0 Å². The van der Waals surface area contributed by atoms with Gasteiger partial charge in [0.15, 0.2) is 0 Å². The van der Waals surface area contributed by atoms with Crippen molar-refractivity contribution in [1.82, 2.24) is 5.32 Å². The van der Waals surface area contributed by atoms with E-state index in [4.69, 9.17) is 0 Å². The average Bonchev–Trinajstić information content (AvgIpc) is 2.48. The molecule has 0 saturated carbocycles. The molecule has 2 aromatic carbocycles. The Morgan fingerprint density at radius 1 is 1.13 bits per heavy atom. The number of halogens is 1. The Bertz CT molecular complexity index is 730. The minimum absolute atomic E-state index is 0.104. The van der Waals surface area contributed by atoms with Gasteiger partial charge in [-0.05, 0) is 35.4 Å². The number of nitrogens with zero attached hydrogens (tertiary/aromatic N) is 1. The predicted octanol–water partition coefficient (Wildman–Crippen LogP) is 2.70. The van der Waals surface area contributed by atoms with Crippen molar-refractivity contribution < 1.29 is 23.7 Å². The van der Waals surface area contributed by atoms with Gasteiger partial charge >= 0.3 is 7.60 Å². The first-order valence-electron chi connectivity index (χ1n) is 6.55. The van der Waals surface area contributed by atoms with Crippen LogP contribution in [-0.2, 0) is 11.1 Å². The molecule has 2 rings (SSSR count). The van der Waals surface area contributed by atoms with E-state index >= 15 is 0 Å². The lowest BCUT2D eigenvalue weighted by molar-refractivity contribution is -0.384. The zero-order valence-electron chi connectivity index (χ0n) is 11.8. The fourth-order valence-corrected chi connectivity index (χ4v) is 2.92. The van der Waals surface area contributed by atoms with Gasteiger partial charge in [0.05, 0.1) is 4.92 Å². The highest BCUT2D eigenvalue weighted by Crippen LogP contribution is 2.50. The van der Waals surface area contributed by atoms with E-state index in [1.807, 2.05) is 0 Å². The minimum atomic E-state index is -4.54. The summed E-state index contributed by atoms with van der Waals surface area (Å²) in [5.74, 6) is -1.72. The maximum Gasteiger partial charge on any atom is 0.346 e. The van der Waals surface area contributed by atoms with E-state index in [1.165, 1.54) is 48.5 Å². The maximum atomic E-state index is 12.8. The van der Waals surface area contributed by atoms with Gasteiger partial charge in [-0.1, -0.05) is 12.1 Å². The summed E-state index contributed by atoms with van der Waals surface area (Å²) in [4.78, 5) is 29.0. The zero-order chi connectivity index (χ0) is 17.0. The molecule has 7 nitrogen and oxygen atoms in total. The zero-order valence-corrected chi connectivity index (χ0v) is 12.7. The second-order valence-electron chi connectivity index (χ2n) is 4.85. The third-order valence-corrected chi connectivity index (χ3v) is 4.32. The molecule has 0 spiro atoms. The molecule has 0 aliphatic carbocycles. The predicted molar refractivity (Wildman–Crippen MR) is 81.1 cm³/mol. The number of non-ortho nitro benzene ring substituents is 1. The van der Waals surface area contributed by atoms with Crippen LogP contribution in [0.1, 0.15) is 16.9 Å². The lowest BCUT2D eigenvalue weighted by Gasteiger charge is -2.20. The Hall–Kier alpha value is -2.12. The van der Waals surface area contributed by atoms with Gasteiger partial charge in [-0.15, -0.1) is 0 Å². The topological polar surface area (TPSA) is 113 Å². The molecule has 0 aliphatic heterocycles. The standard InChI is InChI=1S/C14H14FN2O5P/c15-12-5-1-10(2-6-12)9-16-14(23(20,21)22)11-3-7-13(8-4-11)17(18)19/h1-8,14,16H,9H2,(H2,20,21,22)/t14-/m1/s1. The van der Waals surface area contributed by atoms with E-state index in [-0.39, 0.29) is 17.8 Å². The third kappa shape index (κ3) is 4.67. The van der Waals surface area contributed by atoms with Crippen LogP contribution in [0.15, 0.2) is 48.5 Å². The summed E-state index contributed by atoms with van der Waals surface area (Å²) in [5.41, 5.74) is 0.703. The molecule has 0 bridgehead atoms. The molecular formula is C14H14FN2O5P. The number of rotatable bonds is 6. The minimum Gasteiger partial charge on any atom is -0.323 e. The summed E-state index contributed by atoms with van der Waals surface area (Å²) < 4.78 is 24.5. The molecule has 0 fully saturated rings. The van der Waals surface area contributed by atoms with Crippen molar-refractivity contribution in [1.29, 1.82) is 0 Å². The smallest absolute Gasteiger partial charge is 0.323 e. The fourth-order valence-electron chi connectivity index (χ4n) is 2.03. The Balaban J connectivity index is 2.18. The monoisotopic (exact) mass is 340 g/mol. The summed E-state index contributed by atoms with van der Waals surface area (Å²) in [7, 11) is -4.54. The van der Waals surface area contributed by atoms with Crippen molar-refractivity contribution in [2.75, 3.05) is 0 Å². The maximum absolute atomic E-state index is 12.8. The van der Waals surface area contributed by atoms with Gasteiger partial charge in [-0.25, -0.2) is 4.39 Å². The number of hydrogen-bond acceptors (Lipinski definition) is 4. The molecular weight excluding hydrogens is 326 g/mol. The number of nitro benzene ring substituents is 1. The molecule has 1 atom stereocenters. The van der Waals surface area contributed by atoms with Gasteiger partial charge in [-0.3, -0.25) is 20.0 Å². The van der Waals surface area contributed by atoms with E-state index in [0.717, 1.165) is 0 Å². The van der Waals surface area contributed by atoms with Gasteiger partial charge < -0.3 is 9.79 Å². The normalized spacial score (nSPS) is 12.8. The van der Waals surface area contributed by atoms with Gasteiger partial charge in [0.2, 0.25) is 0 Å². The number of nitro groups is 1. The number of benzene rings is 2. The summed E-state index contributed by atoms with van der Waals surface area (Å²) in [5, 5.41) is 13.3. The molecule has 0 saturated heterocycles. The summed E-state index contributed by atoms with van der Waals surface area (Å²) in [6, 6.07) is 10.4. The van der Waals surface area contributed by atoms with Crippen molar-refractivity contribution in [2.24, 2.45) is 0 Å². The lowest BCUT2D eigenvalue weighted by Crippen LogP contribution is -2.21. The first-order valence-corrected chi connectivity index (χ1v) is 8.23. The number of nitrogens with one attached hydrogen (secondary N) is 1. The quantitative estimate of drug-likeness (QED) is 0.423. The molecule has 0 amide bonds. The fraction of sp³-hybridized carbons (Fsp3) is 0.143. The van der Waals surface area contributed by atoms with Gasteiger partial charge in [0, 0.05) is 18.7 Å². The summed E-state index contributed by atoms with van der Waals surface area (Å²) >= 11 is 0. The Labute approximate surface area is 131 Å². The van der Waals surface area contributed by atoms with E-state index in [1.54, 1.807) is 0 Å². The van der Waals surface area contributed by atoms with Crippen LogP contribution in [0, 0.1) is 15.9 Å². The lowest BCUT2D eigenvalue weighted by atomic mass is 10.2. The average molecular weight is 340 g/mol. The molecule has 0 unspecified atom stereocenters. The molecule has 23 heavy (non-hydrogen) atoms. The van der Waals surface area contributed by atoms with Crippen LogP contribution in [0.4, 0.5) is 10.1 Å². The van der Waals surface area contributed by atoms with Crippen LogP contribution < -0.4 is 5.32 Å². The van der Waals surface area contributed by atoms with Crippen molar-refractivity contribution in [3.8, 4) is 0 Å². The van der Waals surface area contributed by atoms with Crippen LogP contribution >= 0.6 is 7.60 Å². The van der Waals surface area contributed by atoms with Crippen LogP contribution in [0.2, 0.25) is 0 Å². The molecule has 0 radical (unpaired) electrons. The first-order chi connectivity index (χ1) is 10.8. The van der Waals surface area contributed by atoms with E-state index < -0.39 is 24.1 Å². The Morgan fingerprint density at radius 3 is 2.17 bits per heavy atom. The molecule has 122 valence electrons. The Kier molecular flexibility index (Phi) is 5.23. The van der Waals surface area contributed by atoms with Crippen molar-refractivity contribution in [3.63, 3.8) is 0 Å². The molecule has 2 aromatic rings. The molecule has 9 heteroatoms. The van der Waals surface area contributed by atoms with E-state index in [2.05, 4.69) is 5.32 Å². The van der Waals surface area contributed by atoms with Crippen molar-refractivity contribution in [2.45, 2.75) is 12.3 Å².